The summed E-state index contributed by atoms with van der Waals surface area (Å²) in [5.74, 6) is 0. The van der Waals surface area contributed by atoms with Gasteiger partial charge in [0.05, 0.1) is 0 Å². The molecule has 0 atom stereocenters. The Balaban J connectivity index is 1.91. The molecule has 5 aromatic rings. The van der Waals surface area contributed by atoms with Crippen LogP contribution in [0.3, 0.4) is 0 Å². The van der Waals surface area contributed by atoms with Gasteiger partial charge in [-0.3, -0.25) is 0 Å². The van der Waals surface area contributed by atoms with Crippen LogP contribution in [-0.4, -0.2) is 19.9 Å². The Kier molecular flexibility index (Phi) is 8.70. The molecule has 1 heterocycles. The molecule has 0 radical (unpaired) electrons. The smallest absolute Gasteiger partial charge is 0.299 e. The molecular formula is C43H49NSSi2. The highest BCUT2D eigenvalue weighted by atomic mass is 32.5. The van der Waals surface area contributed by atoms with Gasteiger partial charge < -0.3 is 4.66 Å². The normalized spacial score (nSPS) is 15.2. The molecule has 0 unspecified atom stereocenters. The molecule has 0 aliphatic carbocycles. The van der Waals surface area contributed by atoms with Crippen LogP contribution in [0.25, 0.3) is 0 Å². The summed E-state index contributed by atoms with van der Waals surface area (Å²) in [6.07, 6.45) is 0. The molecular weight excluding hydrogens is 619 g/mol. The molecule has 5 aromatic carbocycles. The van der Waals surface area contributed by atoms with E-state index in [1.54, 1.807) is 0 Å². The van der Waals surface area contributed by atoms with Crippen molar-refractivity contribution in [3.63, 3.8) is 0 Å². The second-order valence-corrected chi connectivity index (χ2v) is 26.0. The molecule has 1 nitrogen and oxygen atoms in total. The van der Waals surface area contributed by atoms with Crippen molar-refractivity contribution >= 4 is 51.4 Å². The van der Waals surface area contributed by atoms with E-state index < -0.39 is 14.6 Å². The number of rotatable bonds is 5. The van der Waals surface area contributed by atoms with Gasteiger partial charge in [-0.1, -0.05) is 101 Å². The second kappa shape index (κ2) is 12.2. The van der Waals surface area contributed by atoms with E-state index in [2.05, 4.69) is 173 Å². The van der Waals surface area contributed by atoms with Crippen molar-refractivity contribution in [1.29, 1.82) is 0 Å². The van der Waals surface area contributed by atoms with Gasteiger partial charge in [-0.15, -0.1) is 0 Å². The fourth-order valence-corrected chi connectivity index (χ4v) is 35.4. The van der Waals surface area contributed by atoms with E-state index in [9.17, 15) is 0 Å². The van der Waals surface area contributed by atoms with Crippen molar-refractivity contribution < 1.29 is 0 Å². The van der Waals surface area contributed by atoms with Crippen molar-refractivity contribution in [2.24, 2.45) is 4.66 Å². The fourth-order valence-electron chi connectivity index (χ4n) is 9.10. The van der Waals surface area contributed by atoms with E-state index in [-0.39, 0.29) is 0 Å². The minimum Gasteiger partial charge on any atom is -0.305 e. The first kappa shape index (κ1) is 33.5. The summed E-state index contributed by atoms with van der Waals surface area (Å²) in [6, 6.07) is 30.5. The summed E-state index contributed by atoms with van der Waals surface area (Å²) in [6.45, 7) is 27.8. The molecule has 4 heteroatoms. The highest BCUT2D eigenvalue weighted by molar-refractivity contribution is 8.56. The molecule has 47 heavy (non-hydrogen) atoms. The molecule has 0 amide bonds. The van der Waals surface area contributed by atoms with Crippen LogP contribution in [0.5, 0.6) is 0 Å². The van der Waals surface area contributed by atoms with Crippen LogP contribution in [0.15, 0.2) is 83.5 Å². The lowest BCUT2D eigenvalue weighted by Crippen LogP contribution is -2.67. The Bertz CT molecular complexity index is 1880. The van der Waals surface area contributed by atoms with E-state index in [0.29, 0.717) is 0 Å². The molecule has 0 spiro atoms. The van der Waals surface area contributed by atoms with Gasteiger partial charge in [-0.2, -0.15) is 10.7 Å². The van der Waals surface area contributed by atoms with Crippen molar-refractivity contribution in [1.82, 2.24) is 0 Å². The Morgan fingerprint density at radius 2 is 0.702 bits per heavy atom. The first-order chi connectivity index (χ1) is 22.2. The zero-order valence-electron chi connectivity index (χ0n) is 30.4. The van der Waals surface area contributed by atoms with Gasteiger partial charge in [-0.25, -0.2) is 0 Å². The Morgan fingerprint density at radius 1 is 0.404 bits per heavy atom. The fraction of sp³-hybridized carbons (Fsp3) is 0.279. The third-order valence-corrected chi connectivity index (χ3v) is 28.9. The van der Waals surface area contributed by atoms with E-state index in [4.69, 9.17) is 4.66 Å². The monoisotopic (exact) mass is 667 g/mol. The summed E-state index contributed by atoms with van der Waals surface area (Å²) in [5.41, 5.74) is 17.6. The van der Waals surface area contributed by atoms with Gasteiger partial charge >= 0.3 is 0 Å². The molecule has 0 N–H and O–H groups in total. The summed E-state index contributed by atoms with van der Waals surface area (Å²) < 4.78 is 6.43. The molecule has 0 saturated carbocycles. The van der Waals surface area contributed by atoms with Crippen molar-refractivity contribution in [2.75, 3.05) is 0 Å². The summed E-state index contributed by atoms with van der Waals surface area (Å²) in [4.78, 5) is 0. The van der Waals surface area contributed by atoms with Gasteiger partial charge in [-0.05, 0) is 154 Å². The first-order valence-electron chi connectivity index (χ1n) is 16.9. The summed E-state index contributed by atoms with van der Waals surface area (Å²) >= 11 is 0. The average Bonchev–Trinajstić information content (AvgIpc) is 3.27. The standard InChI is InChI=1S/C43H49NSSi2/c1-26-18-30(5)39(31(6)19-26)46(40-32(7)20-27(2)21-33(40)8)43(38-16-14-13-15-17-38)44-47(45-46,41-34(9)22-28(3)23-35(41)10)42-36(11)24-29(4)25-37(42)12/h13-25H,1-12H3. The number of aryl methyl sites for hydroxylation is 12. The van der Waals surface area contributed by atoms with Gasteiger partial charge in [0.15, 0.2) is 0 Å². The maximum absolute atomic E-state index is 6.43. The number of hydrogen-bond donors (Lipinski definition) is 0. The number of hydrogen-bond acceptors (Lipinski definition) is 2. The van der Waals surface area contributed by atoms with Gasteiger partial charge in [0, 0.05) is 5.33 Å². The molecule has 0 fully saturated rings. The van der Waals surface area contributed by atoms with E-state index in [0.717, 1.165) is 0 Å². The highest BCUT2D eigenvalue weighted by Gasteiger charge is 2.62. The van der Waals surface area contributed by atoms with Gasteiger partial charge in [0.1, 0.15) is 0 Å². The topological polar surface area (TPSA) is 12.4 Å². The van der Waals surface area contributed by atoms with Crippen molar-refractivity contribution in [3.05, 3.63) is 151 Å². The molecule has 0 saturated heterocycles. The number of nitrogens with zero attached hydrogens (tertiary/aromatic N) is 1. The molecule has 6 rings (SSSR count). The lowest BCUT2D eigenvalue weighted by molar-refractivity contribution is 1.33. The first-order valence-corrected chi connectivity index (χ1v) is 23.1. The number of benzene rings is 5. The van der Waals surface area contributed by atoms with Gasteiger partial charge in [0.2, 0.25) is 7.22 Å². The predicted molar refractivity (Wildman–Crippen MR) is 213 cm³/mol. The van der Waals surface area contributed by atoms with Crippen LogP contribution in [0.2, 0.25) is 0 Å². The third-order valence-electron chi connectivity index (χ3n) is 10.0. The minimum absolute atomic E-state index is 1.27. The van der Waals surface area contributed by atoms with Crippen LogP contribution in [-0.2, 0) is 0 Å². The lowest BCUT2D eigenvalue weighted by atomic mass is 10.1. The minimum atomic E-state index is -2.91. The molecule has 1 aliphatic rings. The Morgan fingerprint density at radius 3 is 1.02 bits per heavy atom. The van der Waals surface area contributed by atoms with Crippen LogP contribution in [0.1, 0.15) is 72.3 Å². The van der Waals surface area contributed by atoms with Crippen LogP contribution in [0, 0.1) is 83.1 Å². The van der Waals surface area contributed by atoms with Crippen LogP contribution < -0.4 is 20.7 Å². The summed E-state index contributed by atoms with van der Waals surface area (Å²) in [7, 11) is -3.45. The van der Waals surface area contributed by atoms with Crippen molar-refractivity contribution in [3.8, 4) is 0 Å². The SMILES string of the molecule is Cc1cc(C)c([Si]2(c3c(C)cc(C)cc3C)N=C(c3ccccc3)[Si](c3c(C)cc(C)cc3C)(c3c(C)cc(C)cc3C)S2)c(C)c1. The Labute approximate surface area is 289 Å². The highest BCUT2D eigenvalue weighted by Crippen LogP contribution is 2.45. The molecule has 1 aliphatic heterocycles. The molecule has 0 bridgehead atoms. The van der Waals surface area contributed by atoms with Gasteiger partial charge in [0.25, 0.3) is 7.38 Å². The van der Waals surface area contributed by atoms with Crippen LogP contribution >= 0.6 is 10.7 Å². The summed E-state index contributed by atoms with van der Waals surface area (Å²) in [5, 5.41) is 7.36. The van der Waals surface area contributed by atoms with E-state index >= 15 is 0 Å². The predicted octanol–water partition coefficient (Wildman–Crippen LogP) is 8.48. The molecule has 240 valence electrons. The molecule has 0 aromatic heterocycles. The second-order valence-electron chi connectivity index (χ2n) is 14.3. The maximum atomic E-state index is 6.43. The Hall–Kier alpha value is -3.45. The van der Waals surface area contributed by atoms with E-state index in [1.165, 1.54) is 98.4 Å². The van der Waals surface area contributed by atoms with Crippen molar-refractivity contribution in [2.45, 2.75) is 83.1 Å². The zero-order valence-corrected chi connectivity index (χ0v) is 33.2. The third kappa shape index (κ3) is 5.43. The average molecular weight is 668 g/mol. The lowest BCUT2D eigenvalue weighted by Gasteiger charge is -2.38. The quantitative estimate of drug-likeness (QED) is 0.171. The van der Waals surface area contributed by atoms with Crippen LogP contribution in [0.4, 0.5) is 0 Å². The zero-order chi connectivity index (χ0) is 34.0. The maximum Gasteiger partial charge on any atom is 0.299 e. The largest absolute Gasteiger partial charge is 0.305 e. The van der Waals surface area contributed by atoms with E-state index in [1.807, 2.05) is 0 Å².